The third-order valence-electron chi connectivity index (χ3n) is 8.54. The molecule has 45 heavy (non-hydrogen) atoms. The highest BCUT2D eigenvalue weighted by Gasteiger charge is 2.53. The van der Waals surface area contributed by atoms with Gasteiger partial charge in [0.1, 0.15) is 12.2 Å². The number of ether oxygens (including phenoxy) is 2. The Kier molecular flexibility index (Phi) is 12.7. The van der Waals surface area contributed by atoms with Crippen LogP contribution < -0.4 is 10.4 Å². The topological polar surface area (TPSA) is 82.1 Å². The van der Waals surface area contributed by atoms with Crippen LogP contribution in [-0.2, 0) is 23.5 Å². The summed E-state index contributed by atoms with van der Waals surface area (Å²) < 4.78 is 19.7. The van der Waals surface area contributed by atoms with Gasteiger partial charge in [0.15, 0.2) is 6.10 Å². The Labute approximate surface area is 271 Å². The molecule has 0 saturated heterocycles. The number of carbonyl (C=O) groups excluding carboxylic acids is 2. The summed E-state index contributed by atoms with van der Waals surface area (Å²) in [6.07, 6.45) is 2.91. The number of esters is 2. The Balaban J connectivity index is 2.32. The second-order valence-electron chi connectivity index (χ2n) is 13.6. The molecule has 3 rings (SSSR count). The second kappa shape index (κ2) is 15.8. The van der Waals surface area contributed by atoms with Gasteiger partial charge in [-0.3, -0.25) is 4.79 Å². The number of benzene rings is 2. The molecule has 0 aromatic heterocycles. The first-order chi connectivity index (χ1) is 21.2. The molecule has 0 bridgehead atoms. The minimum Gasteiger partial charge on any atom is -0.456 e. The summed E-state index contributed by atoms with van der Waals surface area (Å²) >= 11 is 0. The predicted octanol–water partition coefficient (Wildman–Crippen LogP) is 6.81. The van der Waals surface area contributed by atoms with Gasteiger partial charge < -0.3 is 19.0 Å². The highest BCUT2D eigenvalue weighted by molar-refractivity contribution is 6.99. The van der Waals surface area contributed by atoms with Crippen molar-refractivity contribution in [2.24, 2.45) is 5.92 Å². The van der Waals surface area contributed by atoms with Crippen LogP contribution in [0.25, 0.3) is 0 Å². The number of allylic oxidation sites excluding steroid dienone is 1. The number of cyclic esters (lactones) is 1. The van der Waals surface area contributed by atoms with Crippen LogP contribution in [0.1, 0.15) is 81.6 Å². The van der Waals surface area contributed by atoms with Crippen molar-refractivity contribution < 1.29 is 28.6 Å². The molecule has 2 aromatic rings. The molecule has 0 radical (unpaired) electrons. The fourth-order valence-corrected chi connectivity index (χ4v) is 10.6. The van der Waals surface area contributed by atoms with Crippen LogP contribution in [0, 0.1) is 5.92 Å². The normalized spacial score (nSPS) is 24.8. The van der Waals surface area contributed by atoms with Crippen molar-refractivity contribution in [2.75, 3.05) is 0 Å². The number of rotatable bonds is 8. The minimum atomic E-state index is -3.15. The molecule has 0 amide bonds. The lowest BCUT2D eigenvalue weighted by molar-refractivity contribution is -0.162. The number of carbonyl (C=O) groups is 2. The van der Waals surface area contributed by atoms with Gasteiger partial charge >= 0.3 is 11.9 Å². The van der Waals surface area contributed by atoms with E-state index in [0.717, 1.165) is 21.5 Å². The quantitative estimate of drug-likeness (QED) is 0.196. The maximum absolute atomic E-state index is 13.3. The van der Waals surface area contributed by atoms with Crippen LogP contribution in [0.15, 0.2) is 95.6 Å². The Morgan fingerprint density at radius 2 is 1.56 bits per heavy atom. The molecule has 0 spiro atoms. The van der Waals surface area contributed by atoms with Gasteiger partial charge in [0.05, 0.1) is 6.10 Å². The highest BCUT2D eigenvalue weighted by atomic mass is 28.4. The molecule has 2 aromatic carbocycles. The molecule has 4 atom stereocenters. The van der Waals surface area contributed by atoms with Gasteiger partial charge in [0, 0.05) is 18.4 Å². The van der Waals surface area contributed by atoms with E-state index in [0.29, 0.717) is 12.0 Å². The lowest BCUT2D eigenvalue weighted by Crippen LogP contribution is -2.69. The van der Waals surface area contributed by atoms with E-state index in [1.54, 1.807) is 13.0 Å². The van der Waals surface area contributed by atoms with Gasteiger partial charge in [-0.15, -0.1) is 0 Å². The first-order valence-corrected chi connectivity index (χ1v) is 18.0. The minimum absolute atomic E-state index is 0.0787. The van der Waals surface area contributed by atoms with Gasteiger partial charge in [0.25, 0.3) is 8.32 Å². The summed E-state index contributed by atoms with van der Waals surface area (Å²) in [7, 11) is -3.15. The Hall–Kier alpha value is -3.26. The van der Waals surface area contributed by atoms with Gasteiger partial charge in [0.2, 0.25) is 0 Å². The summed E-state index contributed by atoms with van der Waals surface area (Å²) in [5.74, 6) is -0.753. The first-order valence-electron chi connectivity index (χ1n) is 16.0. The fourth-order valence-electron chi connectivity index (χ4n) is 5.84. The molecule has 1 aliphatic rings. The van der Waals surface area contributed by atoms with Gasteiger partial charge in [-0.05, 0) is 66.6 Å². The number of hydrogen-bond donors (Lipinski definition) is 1. The van der Waals surface area contributed by atoms with E-state index in [9.17, 15) is 14.7 Å². The van der Waals surface area contributed by atoms with Crippen molar-refractivity contribution in [3.63, 3.8) is 0 Å². The molecule has 0 aliphatic carbocycles. The summed E-state index contributed by atoms with van der Waals surface area (Å²) in [6, 6.07) is 20.6. The van der Waals surface area contributed by atoms with Crippen LogP contribution in [0.5, 0.6) is 0 Å². The molecule has 1 N–H and O–H groups in total. The van der Waals surface area contributed by atoms with Crippen molar-refractivity contribution in [2.45, 2.75) is 111 Å². The molecular weight excluding hydrogens is 580 g/mol. The van der Waals surface area contributed by atoms with Crippen molar-refractivity contribution in [1.82, 2.24) is 0 Å². The molecule has 1 heterocycles. The average Bonchev–Trinajstić information content (AvgIpc) is 3.00. The van der Waals surface area contributed by atoms with Crippen molar-refractivity contribution in [3.05, 3.63) is 95.6 Å². The Morgan fingerprint density at radius 1 is 1.00 bits per heavy atom. The zero-order chi connectivity index (χ0) is 33.4. The maximum Gasteiger partial charge on any atom is 0.333 e. The van der Waals surface area contributed by atoms with Crippen molar-refractivity contribution >= 4 is 30.6 Å². The summed E-state index contributed by atoms with van der Waals surface area (Å²) in [5.41, 5.74) is 2.12. The molecular formula is C38H52O6Si. The molecule has 244 valence electrons. The van der Waals surface area contributed by atoms with Crippen LogP contribution in [-0.4, -0.2) is 49.8 Å². The number of aliphatic hydroxyl groups is 1. The van der Waals surface area contributed by atoms with E-state index < -0.39 is 44.7 Å². The van der Waals surface area contributed by atoms with Gasteiger partial charge in [-0.1, -0.05) is 114 Å². The average molecular weight is 633 g/mol. The predicted molar refractivity (Wildman–Crippen MR) is 184 cm³/mol. The van der Waals surface area contributed by atoms with E-state index in [1.165, 1.54) is 0 Å². The van der Waals surface area contributed by atoms with E-state index >= 15 is 0 Å². The second-order valence-corrected chi connectivity index (χ2v) is 17.8. The van der Waals surface area contributed by atoms with Crippen LogP contribution in [0.2, 0.25) is 5.04 Å². The fraction of sp³-hybridized carbons (Fsp3) is 0.474. The number of hydrogen-bond acceptors (Lipinski definition) is 6. The Bertz CT molecular complexity index is 1330. The molecule has 6 nitrogen and oxygen atoms in total. The van der Waals surface area contributed by atoms with Gasteiger partial charge in [-0.25, -0.2) is 4.79 Å². The first kappa shape index (κ1) is 36.2. The van der Waals surface area contributed by atoms with Crippen molar-refractivity contribution in [1.29, 1.82) is 0 Å². The molecule has 0 fully saturated rings. The third kappa shape index (κ3) is 8.93. The zero-order valence-electron chi connectivity index (χ0n) is 28.5. The Morgan fingerprint density at radius 3 is 2.04 bits per heavy atom. The monoisotopic (exact) mass is 632 g/mol. The molecule has 1 unspecified atom stereocenters. The van der Waals surface area contributed by atoms with E-state index in [2.05, 4.69) is 45.0 Å². The van der Waals surface area contributed by atoms with Crippen LogP contribution in [0.3, 0.4) is 0 Å². The highest BCUT2D eigenvalue weighted by Crippen LogP contribution is 2.39. The summed E-state index contributed by atoms with van der Waals surface area (Å²) in [5, 5.41) is 13.6. The SMILES string of the molecule is C/C=C(/C)[C@H]1C/C=C(/C)[C@@H](O[Si](c2ccccc2)(c2ccccc2)C(C)(C)C)[C@H](OC(=O)CC(C)C)C(O)C/C=C(/C)C(=O)O1. The maximum atomic E-state index is 13.3. The van der Waals surface area contributed by atoms with Crippen LogP contribution >= 0.6 is 0 Å². The van der Waals surface area contributed by atoms with Crippen LogP contribution in [0.4, 0.5) is 0 Å². The largest absolute Gasteiger partial charge is 0.456 e. The van der Waals surface area contributed by atoms with Crippen molar-refractivity contribution in [3.8, 4) is 0 Å². The molecule has 1 aliphatic heterocycles. The standard InChI is InChI=1S/C38H52O6Si/c1-10-27(4)33-24-22-28(5)35(36(43-34(40)25-26(2)3)32(39)23-21-29(6)37(41)42-33)44-45(38(7,8)9,30-17-13-11-14-18-30)31-19-15-12-16-20-31/h10-22,26,32-33,35-36,39H,23-25H2,1-9H3/b27-10-,28-22-,29-21-/t32?,33-,35-,36-/m1/s1. The zero-order valence-corrected chi connectivity index (χ0v) is 29.5. The number of aliphatic hydroxyl groups excluding tert-OH is 1. The molecule has 7 heteroatoms. The lowest BCUT2D eigenvalue weighted by Gasteiger charge is -2.47. The third-order valence-corrected chi connectivity index (χ3v) is 13.6. The summed E-state index contributed by atoms with van der Waals surface area (Å²) in [4.78, 5) is 26.3. The molecule has 0 saturated carbocycles. The van der Waals surface area contributed by atoms with E-state index in [-0.39, 0.29) is 23.8 Å². The lowest BCUT2D eigenvalue weighted by atomic mass is 9.96. The van der Waals surface area contributed by atoms with Gasteiger partial charge in [-0.2, -0.15) is 0 Å². The van der Waals surface area contributed by atoms with E-state index in [1.807, 2.05) is 83.2 Å². The smallest absolute Gasteiger partial charge is 0.333 e. The van der Waals surface area contributed by atoms with E-state index in [4.69, 9.17) is 13.9 Å². The summed E-state index contributed by atoms with van der Waals surface area (Å²) in [6.45, 7) is 18.0.